The van der Waals surface area contributed by atoms with Crippen molar-refractivity contribution in [2.75, 3.05) is 18.0 Å². The van der Waals surface area contributed by atoms with Gasteiger partial charge in [0, 0.05) is 28.2 Å². The average Bonchev–Trinajstić information content (AvgIpc) is 3.30. The first kappa shape index (κ1) is 19.3. The van der Waals surface area contributed by atoms with E-state index in [9.17, 15) is 8.42 Å². The summed E-state index contributed by atoms with van der Waals surface area (Å²) in [4.78, 5) is 13.8. The van der Waals surface area contributed by atoms with Crippen LogP contribution in [0.1, 0.15) is 34.0 Å². The molecule has 0 saturated carbocycles. The lowest BCUT2D eigenvalue weighted by Gasteiger charge is -2.20. The molecule has 1 fully saturated rings. The smallest absolute Gasteiger partial charge is 0.242 e. The molecule has 8 heteroatoms. The molecule has 28 heavy (non-hydrogen) atoms. The SMILES string of the molecule is Cc1cc(S(=O)(=O)NCc2nc(N3CCCC3)c3cccc(C)c3n2)c(C)s1. The zero-order chi connectivity index (χ0) is 19.9. The van der Waals surface area contributed by atoms with Gasteiger partial charge in [0.2, 0.25) is 10.0 Å². The number of anilines is 1. The van der Waals surface area contributed by atoms with Crippen LogP contribution in [0.5, 0.6) is 0 Å². The van der Waals surface area contributed by atoms with Crippen molar-refractivity contribution < 1.29 is 8.42 Å². The molecular weight excluding hydrogens is 392 g/mol. The number of sulfonamides is 1. The van der Waals surface area contributed by atoms with E-state index in [1.807, 2.05) is 39.0 Å². The number of benzene rings is 1. The van der Waals surface area contributed by atoms with Crippen molar-refractivity contribution in [3.63, 3.8) is 0 Å². The zero-order valence-corrected chi connectivity index (χ0v) is 18.0. The van der Waals surface area contributed by atoms with Crippen molar-refractivity contribution in [1.82, 2.24) is 14.7 Å². The fourth-order valence-electron chi connectivity index (χ4n) is 3.68. The van der Waals surface area contributed by atoms with Gasteiger partial charge in [0.1, 0.15) is 11.6 Å². The van der Waals surface area contributed by atoms with Crippen LogP contribution in [0.3, 0.4) is 0 Å². The molecule has 3 aromatic rings. The highest BCUT2D eigenvalue weighted by Crippen LogP contribution is 2.29. The van der Waals surface area contributed by atoms with Gasteiger partial charge in [-0.3, -0.25) is 0 Å². The maximum Gasteiger partial charge on any atom is 0.242 e. The number of aromatic nitrogens is 2. The Morgan fingerprint density at radius 1 is 1.14 bits per heavy atom. The second kappa shape index (κ2) is 7.42. The van der Waals surface area contributed by atoms with Crippen molar-refractivity contribution in [2.24, 2.45) is 0 Å². The van der Waals surface area contributed by atoms with Crippen molar-refractivity contribution in [2.45, 2.75) is 45.1 Å². The molecule has 0 aliphatic carbocycles. The van der Waals surface area contributed by atoms with E-state index in [-0.39, 0.29) is 6.54 Å². The average molecular weight is 417 g/mol. The van der Waals surface area contributed by atoms with Gasteiger partial charge in [0.05, 0.1) is 17.0 Å². The van der Waals surface area contributed by atoms with E-state index in [1.54, 1.807) is 6.07 Å². The van der Waals surface area contributed by atoms with Crippen LogP contribution in [-0.4, -0.2) is 31.5 Å². The molecule has 0 spiro atoms. The lowest BCUT2D eigenvalue weighted by molar-refractivity contribution is 0.579. The van der Waals surface area contributed by atoms with Crippen LogP contribution in [0.25, 0.3) is 10.9 Å². The summed E-state index contributed by atoms with van der Waals surface area (Å²) in [7, 11) is -3.60. The van der Waals surface area contributed by atoms with Crippen LogP contribution in [0, 0.1) is 20.8 Å². The van der Waals surface area contributed by atoms with E-state index < -0.39 is 10.0 Å². The highest BCUT2D eigenvalue weighted by atomic mass is 32.2. The van der Waals surface area contributed by atoms with E-state index >= 15 is 0 Å². The number of thiophene rings is 1. The predicted octanol–water partition coefficient (Wildman–Crippen LogP) is 3.70. The van der Waals surface area contributed by atoms with Crippen molar-refractivity contribution in [3.8, 4) is 0 Å². The lowest BCUT2D eigenvalue weighted by atomic mass is 10.1. The maximum atomic E-state index is 12.7. The Hall–Kier alpha value is -2.03. The normalized spacial score (nSPS) is 14.9. The Morgan fingerprint density at radius 2 is 1.89 bits per heavy atom. The number of fused-ring (bicyclic) bond motifs is 1. The van der Waals surface area contributed by atoms with E-state index in [1.165, 1.54) is 11.3 Å². The Bertz CT molecular complexity index is 1130. The van der Waals surface area contributed by atoms with E-state index in [4.69, 9.17) is 4.98 Å². The van der Waals surface area contributed by atoms with Gasteiger partial charge in [-0.1, -0.05) is 12.1 Å². The van der Waals surface area contributed by atoms with Crippen LogP contribution in [-0.2, 0) is 16.6 Å². The molecule has 0 amide bonds. The molecule has 1 aliphatic heterocycles. The number of nitrogens with one attached hydrogen (secondary N) is 1. The number of hydrogen-bond donors (Lipinski definition) is 1. The minimum atomic E-state index is -3.60. The number of rotatable bonds is 5. The summed E-state index contributed by atoms with van der Waals surface area (Å²) in [5.41, 5.74) is 1.95. The minimum absolute atomic E-state index is 0.0712. The quantitative estimate of drug-likeness (QED) is 0.686. The number of hydrogen-bond acceptors (Lipinski definition) is 6. The Labute approximate surface area is 169 Å². The number of nitrogens with zero attached hydrogens (tertiary/aromatic N) is 3. The van der Waals surface area contributed by atoms with E-state index in [0.717, 1.165) is 58.0 Å². The maximum absolute atomic E-state index is 12.7. The van der Waals surface area contributed by atoms with Crippen LogP contribution in [0.4, 0.5) is 5.82 Å². The van der Waals surface area contributed by atoms with Gasteiger partial charge in [-0.05, 0) is 51.3 Å². The van der Waals surface area contributed by atoms with Gasteiger partial charge in [0.25, 0.3) is 0 Å². The summed E-state index contributed by atoms with van der Waals surface area (Å²) in [5.74, 6) is 1.40. The molecule has 4 rings (SSSR count). The molecule has 1 saturated heterocycles. The first-order valence-corrected chi connectivity index (χ1v) is 11.7. The Morgan fingerprint density at radius 3 is 2.57 bits per heavy atom. The third kappa shape index (κ3) is 3.64. The number of para-hydroxylation sites is 1. The van der Waals surface area contributed by atoms with Crippen LogP contribution in [0.2, 0.25) is 0 Å². The van der Waals surface area contributed by atoms with Gasteiger partial charge in [-0.25, -0.2) is 23.1 Å². The van der Waals surface area contributed by atoms with Gasteiger partial charge in [-0.2, -0.15) is 0 Å². The van der Waals surface area contributed by atoms with Crippen molar-refractivity contribution in [1.29, 1.82) is 0 Å². The fraction of sp³-hybridized carbons (Fsp3) is 0.400. The molecule has 0 atom stereocenters. The van der Waals surface area contributed by atoms with Gasteiger partial charge in [-0.15, -0.1) is 11.3 Å². The molecule has 3 heterocycles. The summed E-state index contributed by atoms with van der Waals surface area (Å²) < 4.78 is 28.2. The summed E-state index contributed by atoms with van der Waals surface area (Å²) in [6, 6.07) is 7.80. The third-order valence-corrected chi connectivity index (χ3v) is 7.69. The monoisotopic (exact) mass is 416 g/mol. The van der Waals surface area contributed by atoms with Crippen LogP contribution in [0.15, 0.2) is 29.2 Å². The second-order valence-corrected chi connectivity index (χ2v) is 10.4. The highest BCUT2D eigenvalue weighted by Gasteiger charge is 2.22. The fourth-order valence-corrected chi connectivity index (χ4v) is 6.22. The van der Waals surface area contributed by atoms with Crippen molar-refractivity contribution >= 4 is 38.1 Å². The van der Waals surface area contributed by atoms with Gasteiger partial charge >= 0.3 is 0 Å². The number of aryl methyl sites for hydroxylation is 3. The molecule has 0 radical (unpaired) electrons. The largest absolute Gasteiger partial charge is 0.356 e. The van der Waals surface area contributed by atoms with Crippen molar-refractivity contribution in [3.05, 3.63) is 45.4 Å². The first-order valence-electron chi connectivity index (χ1n) is 9.43. The summed E-state index contributed by atoms with van der Waals surface area (Å²) in [6.45, 7) is 7.77. The zero-order valence-electron chi connectivity index (χ0n) is 16.3. The third-order valence-electron chi connectivity index (χ3n) is 5.07. The molecule has 1 aliphatic rings. The summed E-state index contributed by atoms with van der Waals surface area (Å²) in [6.07, 6.45) is 2.30. The summed E-state index contributed by atoms with van der Waals surface area (Å²) >= 11 is 1.48. The minimum Gasteiger partial charge on any atom is -0.356 e. The molecule has 0 unspecified atom stereocenters. The Balaban J connectivity index is 1.69. The first-order chi connectivity index (χ1) is 13.3. The van der Waals surface area contributed by atoms with Crippen LogP contribution >= 0.6 is 11.3 Å². The highest BCUT2D eigenvalue weighted by molar-refractivity contribution is 7.89. The molecule has 0 bridgehead atoms. The standard InChI is InChI=1S/C20H24N4O2S2/c1-13-7-6-8-16-19(13)22-18(23-20(16)24-9-4-5-10-24)12-21-28(25,26)17-11-14(2)27-15(17)3/h6-8,11,21H,4-5,9-10,12H2,1-3H3. The molecule has 1 N–H and O–H groups in total. The molecule has 1 aromatic carbocycles. The second-order valence-electron chi connectivity index (χ2n) is 7.23. The van der Waals surface area contributed by atoms with E-state index in [2.05, 4.69) is 14.6 Å². The molecular formula is C20H24N4O2S2. The summed E-state index contributed by atoms with van der Waals surface area (Å²) in [5, 5.41) is 1.03. The van der Waals surface area contributed by atoms with Gasteiger partial charge in [0.15, 0.2) is 0 Å². The molecule has 148 valence electrons. The molecule has 2 aromatic heterocycles. The topological polar surface area (TPSA) is 75.2 Å². The predicted molar refractivity (Wildman–Crippen MR) is 114 cm³/mol. The van der Waals surface area contributed by atoms with Crippen LogP contribution < -0.4 is 9.62 Å². The van der Waals surface area contributed by atoms with E-state index in [0.29, 0.717) is 10.7 Å². The lowest BCUT2D eigenvalue weighted by Crippen LogP contribution is -2.26. The Kier molecular flexibility index (Phi) is 5.11. The molecule has 6 nitrogen and oxygen atoms in total. The van der Waals surface area contributed by atoms with Gasteiger partial charge < -0.3 is 4.90 Å².